The summed E-state index contributed by atoms with van der Waals surface area (Å²) < 4.78 is 1.73. The van der Waals surface area contributed by atoms with Crippen LogP contribution < -0.4 is 10.7 Å². The second kappa shape index (κ2) is 4.10. The maximum absolute atomic E-state index is 5.67. The van der Waals surface area contributed by atoms with E-state index in [9.17, 15) is 0 Å². The summed E-state index contributed by atoms with van der Waals surface area (Å²) in [5.74, 6) is 0. The molecule has 2 N–H and O–H groups in total. The number of nitrogens with two attached hydrogens (primary N) is 1. The SMILES string of the molecule is NC(=S)N(c1ccccc1)n1ccnc1. The van der Waals surface area contributed by atoms with Crippen molar-refractivity contribution in [2.24, 2.45) is 5.73 Å². The summed E-state index contributed by atoms with van der Waals surface area (Å²) >= 11 is 5.00. The van der Waals surface area contributed by atoms with Crippen LogP contribution in [0, 0.1) is 0 Å². The highest BCUT2D eigenvalue weighted by molar-refractivity contribution is 7.80. The molecule has 5 heteroatoms. The van der Waals surface area contributed by atoms with Gasteiger partial charge in [-0.1, -0.05) is 18.2 Å². The number of hydrogen-bond donors (Lipinski definition) is 1. The Hall–Kier alpha value is -1.88. The third kappa shape index (κ3) is 1.97. The molecule has 0 fully saturated rings. The number of anilines is 1. The number of imidazole rings is 1. The van der Waals surface area contributed by atoms with Gasteiger partial charge in [-0.05, 0) is 24.4 Å². The largest absolute Gasteiger partial charge is 0.374 e. The predicted octanol–water partition coefficient (Wildman–Crippen LogP) is 1.40. The molecular weight excluding hydrogens is 208 g/mol. The van der Waals surface area contributed by atoms with Crippen molar-refractivity contribution < 1.29 is 0 Å². The van der Waals surface area contributed by atoms with Gasteiger partial charge in [0.1, 0.15) is 6.33 Å². The molecule has 1 heterocycles. The Bertz CT molecular complexity index is 438. The fourth-order valence-electron chi connectivity index (χ4n) is 1.31. The molecule has 4 nitrogen and oxygen atoms in total. The van der Waals surface area contributed by atoms with Crippen LogP contribution in [-0.4, -0.2) is 14.8 Å². The molecule has 0 aliphatic heterocycles. The van der Waals surface area contributed by atoms with Crippen LogP contribution in [0.15, 0.2) is 49.1 Å². The van der Waals surface area contributed by atoms with Gasteiger partial charge in [-0.15, -0.1) is 0 Å². The van der Waals surface area contributed by atoms with Crippen molar-refractivity contribution in [2.45, 2.75) is 0 Å². The Kier molecular flexibility index (Phi) is 2.64. The van der Waals surface area contributed by atoms with E-state index < -0.39 is 0 Å². The minimum atomic E-state index is 0.277. The topological polar surface area (TPSA) is 47.1 Å². The molecule has 0 spiro atoms. The number of para-hydroxylation sites is 1. The normalized spacial score (nSPS) is 9.87. The molecule has 0 saturated carbocycles. The molecule has 2 aromatic rings. The van der Waals surface area contributed by atoms with E-state index in [0.29, 0.717) is 0 Å². The lowest BCUT2D eigenvalue weighted by atomic mass is 10.3. The first kappa shape index (κ1) is 9.67. The zero-order chi connectivity index (χ0) is 10.7. The van der Waals surface area contributed by atoms with E-state index in [4.69, 9.17) is 18.0 Å². The van der Waals surface area contributed by atoms with E-state index >= 15 is 0 Å². The molecule has 0 amide bonds. The summed E-state index contributed by atoms with van der Waals surface area (Å²) in [5.41, 5.74) is 6.57. The number of nitrogens with zero attached hydrogens (tertiary/aromatic N) is 3. The Morgan fingerprint density at radius 2 is 2.07 bits per heavy atom. The van der Waals surface area contributed by atoms with Gasteiger partial charge in [-0.3, -0.25) is 0 Å². The van der Waals surface area contributed by atoms with E-state index in [1.54, 1.807) is 28.4 Å². The third-order valence-electron chi connectivity index (χ3n) is 1.93. The molecule has 76 valence electrons. The van der Waals surface area contributed by atoms with Crippen molar-refractivity contribution >= 4 is 23.0 Å². The highest BCUT2D eigenvalue weighted by Crippen LogP contribution is 2.13. The highest BCUT2D eigenvalue weighted by Gasteiger charge is 2.09. The smallest absolute Gasteiger partial charge is 0.190 e. The van der Waals surface area contributed by atoms with E-state index in [-0.39, 0.29) is 5.11 Å². The number of hydrogen-bond acceptors (Lipinski definition) is 2. The lowest BCUT2D eigenvalue weighted by Gasteiger charge is -2.22. The predicted molar refractivity (Wildman–Crippen MR) is 63.3 cm³/mol. The van der Waals surface area contributed by atoms with Gasteiger partial charge in [-0.2, -0.15) is 0 Å². The van der Waals surface area contributed by atoms with Crippen LogP contribution in [0.5, 0.6) is 0 Å². The minimum absolute atomic E-state index is 0.277. The van der Waals surface area contributed by atoms with E-state index in [1.807, 2.05) is 30.3 Å². The van der Waals surface area contributed by atoms with E-state index in [2.05, 4.69) is 4.98 Å². The zero-order valence-corrected chi connectivity index (χ0v) is 8.76. The maximum Gasteiger partial charge on any atom is 0.190 e. The lowest BCUT2D eigenvalue weighted by molar-refractivity contribution is 0.839. The second-order valence-corrected chi connectivity index (χ2v) is 3.35. The Morgan fingerprint density at radius 1 is 1.33 bits per heavy atom. The summed E-state index contributed by atoms with van der Waals surface area (Å²) in [7, 11) is 0. The molecule has 0 radical (unpaired) electrons. The van der Waals surface area contributed by atoms with Gasteiger partial charge in [-0.25, -0.2) is 14.7 Å². The van der Waals surface area contributed by atoms with Crippen molar-refractivity contribution in [2.75, 3.05) is 5.01 Å². The van der Waals surface area contributed by atoms with Gasteiger partial charge in [0, 0.05) is 12.4 Å². The second-order valence-electron chi connectivity index (χ2n) is 2.93. The van der Waals surface area contributed by atoms with Crippen LogP contribution in [0.4, 0.5) is 5.69 Å². The Labute approximate surface area is 92.9 Å². The Morgan fingerprint density at radius 3 is 2.60 bits per heavy atom. The first-order valence-electron chi connectivity index (χ1n) is 4.42. The highest BCUT2D eigenvalue weighted by atomic mass is 32.1. The quantitative estimate of drug-likeness (QED) is 0.774. The zero-order valence-electron chi connectivity index (χ0n) is 7.95. The summed E-state index contributed by atoms with van der Waals surface area (Å²) in [5, 5.41) is 1.97. The van der Waals surface area contributed by atoms with Crippen molar-refractivity contribution in [1.82, 2.24) is 9.66 Å². The molecule has 2 rings (SSSR count). The van der Waals surface area contributed by atoms with Crippen molar-refractivity contribution in [3.63, 3.8) is 0 Å². The number of benzene rings is 1. The van der Waals surface area contributed by atoms with Crippen LogP contribution in [0.1, 0.15) is 0 Å². The van der Waals surface area contributed by atoms with Crippen molar-refractivity contribution in [1.29, 1.82) is 0 Å². The average molecular weight is 218 g/mol. The standard InChI is InChI=1S/C10H10N4S/c11-10(15)14(13-7-6-12-8-13)9-4-2-1-3-5-9/h1-8H,(H2,11,15). The van der Waals surface area contributed by atoms with Gasteiger partial charge >= 0.3 is 0 Å². The van der Waals surface area contributed by atoms with Crippen LogP contribution in [0.25, 0.3) is 0 Å². The maximum atomic E-state index is 5.67. The monoisotopic (exact) mass is 218 g/mol. The van der Waals surface area contributed by atoms with Gasteiger partial charge in [0.15, 0.2) is 5.11 Å². The molecule has 1 aromatic carbocycles. The Balaban J connectivity index is 2.42. The molecule has 0 atom stereocenters. The minimum Gasteiger partial charge on any atom is -0.374 e. The first-order chi connectivity index (χ1) is 7.29. The number of aromatic nitrogens is 2. The van der Waals surface area contributed by atoms with Gasteiger partial charge in [0.25, 0.3) is 0 Å². The van der Waals surface area contributed by atoms with E-state index in [0.717, 1.165) is 5.69 Å². The molecule has 0 aliphatic rings. The first-order valence-corrected chi connectivity index (χ1v) is 4.83. The van der Waals surface area contributed by atoms with Crippen molar-refractivity contribution in [3.05, 3.63) is 49.1 Å². The number of thiocarbonyl (C=S) groups is 1. The lowest BCUT2D eigenvalue weighted by Crippen LogP contribution is -2.39. The fourth-order valence-corrected chi connectivity index (χ4v) is 1.51. The van der Waals surface area contributed by atoms with E-state index in [1.165, 1.54) is 0 Å². The van der Waals surface area contributed by atoms with Crippen LogP contribution in [-0.2, 0) is 0 Å². The molecule has 0 unspecified atom stereocenters. The van der Waals surface area contributed by atoms with Gasteiger partial charge in [0.05, 0.1) is 5.69 Å². The van der Waals surface area contributed by atoms with Crippen molar-refractivity contribution in [3.8, 4) is 0 Å². The molecule has 1 aromatic heterocycles. The average Bonchev–Trinajstić information content (AvgIpc) is 2.72. The molecule has 0 saturated heterocycles. The van der Waals surface area contributed by atoms with Crippen LogP contribution in [0.2, 0.25) is 0 Å². The van der Waals surface area contributed by atoms with Crippen LogP contribution in [0.3, 0.4) is 0 Å². The summed E-state index contributed by atoms with van der Waals surface area (Å²) in [6, 6.07) is 9.66. The summed E-state index contributed by atoms with van der Waals surface area (Å²) in [6.07, 6.45) is 5.10. The number of rotatable bonds is 2. The summed E-state index contributed by atoms with van der Waals surface area (Å²) in [6.45, 7) is 0. The molecular formula is C10H10N4S. The van der Waals surface area contributed by atoms with Gasteiger partial charge < -0.3 is 5.73 Å². The molecule has 15 heavy (non-hydrogen) atoms. The van der Waals surface area contributed by atoms with Crippen LogP contribution >= 0.6 is 12.2 Å². The fraction of sp³-hybridized carbons (Fsp3) is 0. The van der Waals surface area contributed by atoms with Gasteiger partial charge in [0.2, 0.25) is 0 Å². The molecule has 0 aliphatic carbocycles. The molecule has 0 bridgehead atoms. The third-order valence-corrected chi connectivity index (χ3v) is 2.10. The summed E-state index contributed by atoms with van der Waals surface area (Å²) in [4.78, 5) is 3.96.